The van der Waals surface area contributed by atoms with E-state index in [0.717, 1.165) is 40.2 Å². The van der Waals surface area contributed by atoms with Crippen LogP contribution in [0.25, 0.3) is 32.9 Å². The minimum atomic E-state index is -0.0388. The van der Waals surface area contributed by atoms with Crippen molar-refractivity contribution < 1.29 is 14.1 Å². The summed E-state index contributed by atoms with van der Waals surface area (Å²) in [6.07, 6.45) is 6.99. The van der Waals surface area contributed by atoms with Crippen LogP contribution in [0, 0.1) is 0 Å². The van der Waals surface area contributed by atoms with E-state index in [0.29, 0.717) is 16.8 Å². The van der Waals surface area contributed by atoms with Crippen molar-refractivity contribution in [3.8, 4) is 27.7 Å². The average molecular weight is 448 g/mol. The highest BCUT2D eigenvalue weighted by molar-refractivity contribution is 7.13. The Balaban J connectivity index is 1.40. The molecule has 0 aliphatic heterocycles. The van der Waals surface area contributed by atoms with Crippen molar-refractivity contribution in [3.05, 3.63) is 53.4 Å². The molecule has 0 radical (unpaired) electrons. The van der Waals surface area contributed by atoms with Crippen molar-refractivity contribution in [2.24, 2.45) is 0 Å². The number of rotatable bonds is 5. The number of fused-ring (bicyclic) bond motifs is 1. The molecule has 1 saturated carbocycles. The molecule has 0 unspecified atom stereocenters. The topological polar surface area (TPSA) is 77.2 Å². The van der Waals surface area contributed by atoms with Crippen molar-refractivity contribution in [1.29, 1.82) is 0 Å². The number of amides is 1. The van der Waals surface area contributed by atoms with E-state index in [4.69, 9.17) is 14.2 Å². The monoisotopic (exact) mass is 447 g/mol. The SMILES string of the molecule is COc1ccc(-c2nc(-c3noc4ccc(C(=O)NC5CCCCCC5)cc34)cs2)cc1. The van der Waals surface area contributed by atoms with E-state index in [1.165, 1.54) is 25.7 Å². The summed E-state index contributed by atoms with van der Waals surface area (Å²) in [5.41, 5.74) is 3.67. The summed E-state index contributed by atoms with van der Waals surface area (Å²) in [7, 11) is 1.65. The molecule has 1 N–H and O–H groups in total. The van der Waals surface area contributed by atoms with Crippen LogP contribution in [0.4, 0.5) is 0 Å². The van der Waals surface area contributed by atoms with Gasteiger partial charge >= 0.3 is 0 Å². The Hall–Kier alpha value is -3.19. The number of hydrogen-bond donors (Lipinski definition) is 1. The normalized spacial score (nSPS) is 14.9. The first-order valence-electron chi connectivity index (χ1n) is 11.0. The maximum atomic E-state index is 12.9. The van der Waals surface area contributed by atoms with Gasteiger partial charge in [0.1, 0.15) is 22.1 Å². The smallest absolute Gasteiger partial charge is 0.251 e. The molecule has 0 spiro atoms. The number of carbonyl (C=O) groups excluding carboxylic acids is 1. The van der Waals surface area contributed by atoms with Gasteiger partial charge in [-0.25, -0.2) is 4.98 Å². The molecule has 4 aromatic rings. The Morgan fingerprint density at radius 1 is 1.09 bits per heavy atom. The highest BCUT2D eigenvalue weighted by atomic mass is 32.1. The zero-order valence-corrected chi connectivity index (χ0v) is 18.8. The van der Waals surface area contributed by atoms with Gasteiger partial charge in [0.15, 0.2) is 5.58 Å². The summed E-state index contributed by atoms with van der Waals surface area (Å²) in [5.74, 6) is 0.769. The molecule has 1 fully saturated rings. The molecule has 5 rings (SSSR count). The third-order valence-corrected chi connectivity index (χ3v) is 6.90. The van der Waals surface area contributed by atoms with Crippen LogP contribution >= 0.6 is 11.3 Å². The summed E-state index contributed by atoms with van der Waals surface area (Å²) < 4.78 is 10.7. The first-order valence-corrected chi connectivity index (χ1v) is 11.9. The lowest BCUT2D eigenvalue weighted by Crippen LogP contribution is -2.34. The Bertz CT molecular complexity index is 1220. The molecular formula is C25H25N3O3S. The molecule has 6 nitrogen and oxygen atoms in total. The Morgan fingerprint density at radius 2 is 1.88 bits per heavy atom. The van der Waals surface area contributed by atoms with Crippen molar-refractivity contribution in [3.63, 3.8) is 0 Å². The lowest BCUT2D eigenvalue weighted by atomic mass is 10.1. The molecule has 0 atom stereocenters. The van der Waals surface area contributed by atoms with Gasteiger partial charge in [-0.05, 0) is 55.3 Å². The molecule has 2 heterocycles. The molecule has 164 valence electrons. The van der Waals surface area contributed by atoms with E-state index < -0.39 is 0 Å². The van der Waals surface area contributed by atoms with Gasteiger partial charge in [-0.15, -0.1) is 11.3 Å². The fourth-order valence-corrected chi connectivity index (χ4v) is 5.02. The van der Waals surface area contributed by atoms with Gasteiger partial charge in [-0.1, -0.05) is 30.8 Å². The summed E-state index contributed by atoms with van der Waals surface area (Å²) in [4.78, 5) is 17.7. The number of benzene rings is 2. The molecule has 1 amide bonds. The Kier molecular flexibility index (Phi) is 5.90. The third-order valence-electron chi connectivity index (χ3n) is 6.01. The molecule has 1 aliphatic carbocycles. The summed E-state index contributed by atoms with van der Waals surface area (Å²) in [6.45, 7) is 0. The standard InChI is InChI=1S/C25H25N3O3S/c1-30-19-11-8-16(9-12-19)25-27-21(15-32-25)23-20-14-17(10-13-22(20)31-28-23)24(29)26-18-6-4-2-3-5-7-18/h8-15,18H,2-7H2,1H3,(H,26,29). The molecule has 7 heteroatoms. The highest BCUT2D eigenvalue weighted by Gasteiger charge is 2.19. The molecule has 2 aromatic heterocycles. The van der Waals surface area contributed by atoms with Gasteiger partial charge in [0.2, 0.25) is 0 Å². The maximum Gasteiger partial charge on any atom is 0.251 e. The minimum Gasteiger partial charge on any atom is -0.497 e. The lowest BCUT2D eigenvalue weighted by Gasteiger charge is -2.16. The molecule has 2 aromatic carbocycles. The van der Waals surface area contributed by atoms with Crippen LogP contribution in [-0.2, 0) is 0 Å². The number of nitrogens with zero attached hydrogens (tertiary/aromatic N) is 2. The third kappa shape index (κ3) is 4.25. The molecule has 0 saturated heterocycles. The summed E-state index contributed by atoms with van der Waals surface area (Å²) in [5, 5.41) is 11.1. The van der Waals surface area contributed by atoms with Gasteiger partial charge in [0.25, 0.3) is 5.91 Å². The van der Waals surface area contributed by atoms with Gasteiger partial charge in [0, 0.05) is 22.5 Å². The van der Waals surface area contributed by atoms with E-state index in [1.807, 2.05) is 41.8 Å². The Morgan fingerprint density at radius 3 is 2.62 bits per heavy atom. The number of hydrogen-bond acceptors (Lipinski definition) is 6. The number of methoxy groups -OCH3 is 1. The van der Waals surface area contributed by atoms with E-state index in [1.54, 1.807) is 24.5 Å². The fraction of sp³-hybridized carbons (Fsp3) is 0.320. The first-order chi connectivity index (χ1) is 15.7. The van der Waals surface area contributed by atoms with E-state index in [9.17, 15) is 4.79 Å². The fourth-order valence-electron chi connectivity index (χ4n) is 4.21. The number of nitrogens with one attached hydrogen (secondary N) is 1. The van der Waals surface area contributed by atoms with Crippen LogP contribution in [0.15, 0.2) is 52.4 Å². The van der Waals surface area contributed by atoms with E-state index in [2.05, 4.69) is 10.5 Å². The lowest BCUT2D eigenvalue weighted by molar-refractivity contribution is 0.0933. The van der Waals surface area contributed by atoms with Crippen LogP contribution in [0.1, 0.15) is 48.9 Å². The summed E-state index contributed by atoms with van der Waals surface area (Å²) >= 11 is 1.55. The van der Waals surface area contributed by atoms with Crippen LogP contribution in [0.2, 0.25) is 0 Å². The number of carbonyl (C=O) groups is 1. The second-order valence-electron chi connectivity index (χ2n) is 8.17. The predicted octanol–water partition coefficient (Wildman–Crippen LogP) is 6.08. The Labute approximate surface area is 190 Å². The van der Waals surface area contributed by atoms with Crippen LogP contribution in [0.3, 0.4) is 0 Å². The van der Waals surface area contributed by atoms with Crippen molar-refractivity contribution >= 4 is 28.2 Å². The number of aromatic nitrogens is 2. The minimum absolute atomic E-state index is 0.0388. The van der Waals surface area contributed by atoms with Gasteiger partial charge in [-0.2, -0.15) is 0 Å². The second kappa shape index (κ2) is 9.12. The zero-order chi connectivity index (χ0) is 21.9. The predicted molar refractivity (Wildman–Crippen MR) is 126 cm³/mol. The second-order valence-corrected chi connectivity index (χ2v) is 9.03. The van der Waals surface area contributed by atoms with E-state index in [-0.39, 0.29) is 11.9 Å². The molecule has 0 bridgehead atoms. The van der Waals surface area contributed by atoms with E-state index >= 15 is 0 Å². The molecule has 1 aliphatic rings. The van der Waals surface area contributed by atoms with Gasteiger partial charge in [0.05, 0.1) is 12.5 Å². The van der Waals surface area contributed by atoms with Crippen LogP contribution in [-0.4, -0.2) is 29.2 Å². The quantitative estimate of drug-likeness (QED) is 0.375. The van der Waals surface area contributed by atoms with Crippen molar-refractivity contribution in [2.45, 2.75) is 44.6 Å². The average Bonchev–Trinajstić information content (AvgIpc) is 3.40. The van der Waals surface area contributed by atoms with Crippen molar-refractivity contribution in [2.75, 3.05) is 7.11 Å². The molecular weight excluding hydrogens is 422 g/mol. The highest BCUT2D eigenvalue weighted by Crippen LogP contribution is 2.33. The maximum absolute atomic E-state index is 12.9. The molecule has 32 heavy (non-hydrogen) atoms. The number of ether oxygens (including phenoxy) is 1. The summed E-state index contributed by atoms with van der Waals surface area (Å²) in [6, 6.07) is 13.5. The van der Waals surface area contributed by atoms with Gasteiger partial charge < -0.3 is 14.6 Å². The van der Waals surface area contributed by atoms with Crippen LogP contribution < -0.4 is 10.1 Å². The first kappa shape index (κ1) is 20.7. The van der Waals surface area contributed by atoms with Crippen LogP contribution in [0.5, 0.6) is 5.75 Å². The largest absolute Gasteiger partial charge is 0.497 e. The van der Waals surface area contributed by atoms with Crippen molar-refractivity contribution in [1.82, 2.24) is 15.5 Å². The zero-order valence-electron chi connectivity index (χ0n) is 18.0. The van der Waals surface area contributed by atoms with Gasteiger partial charge in [-0.3, -0.25) is 4.79 Å². The number of thiazole rings is 1.